The third kappa shape index (κ3) is 8.22. The Morgan fingerprint density at radius 3 is 2.37 bits per heavy atom. The maximum Gasteiger partial charge on any atom is 0.367 e. The molecular formula is C24H31N7O4. The summed E-state index contributed by atoms with van der Waals surface area (Å²) < 4.78 is 0. The molecule has 0 aliphatic rings. The van der Waals surface area contributed by atoms with Crippen molar-refractivity contribution in [2.75, 3.05) is 11.4 Å². The number of carbonyl (C=O) groups excluding carboxylic acids is 2. The zero-order chi connectivity index (χ0) is 26.0. The minimum absolute atomic E-state index is 0.0958. The van der Waals surface area contributed by atoms with Gasteiger partial charge in [-0.25, -0.2) is 9.59 Å². The van der Waals surface area contributed by atoms with Crippen molar-refractivity contribution < 1.29 is 19.5 Å². The molecule has 0 saturated heterocycles. The lowest BCUT2D eigenvalue weighted by Crippen LogP contribution is -2.51. The number of amides is 3. The maximum absolute atomic E-state index is 13.1. The molecule has 0 saturated carbocycles. The first-order valence-electron chi connectivity index (χ1n) is 11.1. The summed E-state index contributed by atoms with van der Waals surface area (Å²) >= 11 is 0. The average Bonchev–Trinajstić information content (AvgIpc) is 2.80. The molecule has 3 amide bonds. The second kappa shape index (κ2) is 12.8. The van der Waals surface area contributed by atoms with Gasteiger partial charge in [-0.05, 0) is 57.4 Å². The molecule has 2 aromatic carbocycles. The molecule has 11 heteroatoms. The molecule has 2 atom stereocenters. The van der Waals surface area contributed by atoms with Gasteiger partial charge >= 0.3 is 12.0 Å². The van der Waals surface area contributed by atoms with Gasteiger partial charge in [0.2, 0.25) is 5.91 Å². The van der Waals surface area contributed by atoms with Gasteiger partial charge in [0.25, 0.3) is 0 Å². The van der Waals surface area contributed by atoms with Crippen molar-refractivity contribution in [3.8, 4) is 0 Å². The highest BCUT2D eigenvalue weighted by atomic mass is 16.4. The summed E-state index contributed by atoms with van der Waals surface area (Å²) in [7, 11) is 0. The molecule has 0 aromatic heterocycles. The molecule has 2 rings (SSSR count). The zero-order valence-corrected chi connectivity index (χ0v) is 20.0. The van der Waals surface area contributed by atoms with E-state index in [-0.39, 0.29) is 18.9 Å². The van der Waals surface area contributed by atoms with E-state index in [2.05, 4.69) is 20.5 Å². The number of guanidine groups is 1. The maximum atomic E-state index is 13.1. The van der Waals surface area contributed by atoms with Crippen LogP contribution in [-0.4, -0.2) is 47.6 Å². The Labute approximate surface area is 203 Å². The summed E-state index contributed by atoms with van der Waals surface area (Å²) in [6, 6.07) is 11.0. The molecule has 186 valence electrons. The first-order chi connectivity index (χ1) is 16.6. The van der Waals surface area contributed by atoms with Crippen LogP contribution in [0.1, 0.15) is 30.9 Å². The van der Waals surface area contributed by atoms with E-state index in [9.17, 15) is 19.5 Å². The van der Waals surface area contributed by atoms with Crippen LogP contribution in [0.5, 0.6) is 0 Å². The predicted molar refractivity (Wildman–Crippen MR) is 134 cm³/mol. The highest BCUT2D eigenvalue weighted by Gasteiger charge is 2.30. The Morgan fingerprint density at radius 2 is 1.77 bits per heavy atom. The van der Waals surface area contributed by atoms with Gasteiger partial charge in [-0.2, -0.15) is 0 Å². The van der Waals surface area contributed by atoms with Crippen molar-refractivity contribution in [2.24, 2.45) is 26.7 Å². The van der Waals surface area contributed by atoms with Crippen LogP contribution in [0, 0.1) is 13.8 Å². The Morgan fingerprint density at radius 1 is 1.09 bits per heavy atom. The molecule has 11 nitrogen and oxygen atoms in total. The van der Waals surface area contributed by atoms with Crippen LogP contribution in [0.15, 0.2) is 63.8 Å². The van der Waals surface area contributed by atoms with Gasteiger partial charge in [0.1, 0.15) is 12.1 Å². The minimum atomic E-state index is -1.21. The Hall–Kier alpha value is -4.28. The van der Waals surface area contributed by atoms with E-state index in [4.69, 9.17) is 11.5 Å². The number of urea groups is 1. The number of anilines is 1. The number of hydrogen-bond donors (Lipinski definition) is 4. The highest BCUT2D eigenvalue weighted by Crippen LogP contribution is 2.22. The van der Waals surface area contributed by atoms with Crippen LogP contribution < -0.4 is 21.7 Å². The van der Waals surface area contributed by atoms with Crippen molar-refractivity contribution in [3.05, 3.63) is 59.7 Å². The van der Waals surface area contributed by atoms with Crippen molar-refractivity contribution in [3.63, 3.8) is 0 Å². The van der Waals surface area contributed by atoms with Crippen LogP contribution in [0.3, 0.4) is 0 Å². The predicted octanol–water partition coefficient (Wildman–Crippen LogP) is 3.03. The number of carboxylic acid groups (broad SMARTS) is 1. The molecule has 0 aliphatic carbocycles. The van der Waals surface area contributed by atoms with E-state index >= 15 is 0 Å². The quantitative estimate of drug-likeness (QED) is 0.175. The Kier molecular flexibility index (Phi) is 9.88. The Bertz CT molecular complexity index is 1100. The third-order valence-electron chi connectivity index (χ3n) is 5.16. The van der Waals surface area contributed by atoms with Gasteiger partial charge in [-0.1, -0.05) is 41.0 Å². The molecule has 0 heterocycles. The standard InChI is InChI=1S/C24H31N7O4/c1-15-11-12-19(16(2)14-15)29-30-24(35)31(18-8-5-4-6-9-18)17(3)21(32)28-20(22(33)34)10-7-13-27-23(25)26/h4-6,8-9,11-12,14,17,20H,7,10,13H2,1-3H3,(H,28,32)(H,33,34)(H4,25,26,27). The number of carbonyl (C=O) groups is 3. The van der Waals surface area contributed by atoms with Gasteiger partial charge in [-0.15, -0.1) is 5.11 Å². The fourth-order valence-electron chi connectivity index (χ4n) is 3.32. The summed E-state index contributed by atoms with van der Waals surface area (Å²) in [6.07, 6.45) is 0.450. The second-order valence-electron chi connectivity index (χ2n) is 8.00. The summed E-state index contributed by atoms with van der Waals surface area (Å²) in [5.41, 5.74) is 13.4. The lowest BCUT2D eigenvalue weighted by molar-refractivity contribution is -0.142. The van der Waals surface area contributed by atoms with Crippen LogP contribution in [0.2, 0.25) is 0 Å². The number of rotatable bonds is 10. The fourth-order valence-corrected chi connectivity index (χ4v) is 3.32. The molecule has 0 aliphatic heterocycles. The van der Waals surface area contributed by atoms with Crippen LogP contribution in [-0.2, 0) is 9.59 Å². The number of nitrogens with one attached hydrogen (secondary N) is 1. The molecule has 2 aromatic rings. The van der Waals surface area contributed by atoms with Gasteiger partial charge in [0, 0.05) is 12.2 Å². The van der Waals surface area contributed by atoms with Gasteiger partial charge in [0.05, 0.1) is 5.69 Å². The first-order valence-corrected chi connectivity index (χ1v) is 11.1. The number of para-hydroxylation sites is 1. The lowest BCUT2D eigenvalue weighted by Gasteiger charge is -2.27. The number of benzene rings is 2. The van der Waals surface area contributed by atoms with E-state index in [0.717, 1.165) is 11.1 Å². The molecule has 35 heavy (non-hydrogen) atoms. The van der Waals surface area contributed by atoms with Gasteiger partial charge in [-0.3, -0.25) is 14.7 Å². The van der Waals surface area contributed by atoms with Crippen LogP contribution >= 0.6 is 0 Å². The minimum Gasteiger partial charge on any atom is -0.480 e. The Balaban J connectivity index is 2.22. The van der Waals surface area contributed by atoms with Crippen LogP contribution in [0.25, 0.3) is 0 Å². The van der Waals surface area contributed by atoms with E-state index in [1.54, 1.807) is 36.4 Å². The van der Waals surface area contributed by atoms with Gasteiger partial charge < -0.3 is 21.9 Å². The van der Waals surface area contributed by atoms with E-state index < -0.39 is 30.0 Å². The number of aryl methyl sites for hydroxylation is 2. The SMILES string of the molecule is Cc1ccc(N=NC(=O)N(c2ccccc2)C(C)C(=O)NC(CCCN=C(N)N)C(=O)O)c(C)c1. The summed E-state index contributed by atoms with van der Waals surface area (Å²) in [5.74, 6) is -1.96. The molecule has 0 spiro atoms. The van der Waals surface area contributed by atoms with Crippen molar-refractivity contribution in [1.29, 1.82) is 0 Å². The summed E-state index contributed by atoms with van der Waals surface area (Å²) in [6.45, 7) is 5.52. The summed E-state index contributed by atoms with van der Waals surface area (Å²) in [4.78, 5) is 42.7. The second-order valence-corrected chi connectivity index (χ2v) is 8.00. The van der Waals surface area contributed by atoms with Crippen molar-refractivity contribution >= 4 is 35.2 Å². The van der Waals surface area contributed by atoms with Crippen molar-refractivity contribution in [1.82, 2.24) is 5.32 Å². The normalized spacial score (nSPS) is 12.5. The topological polar surface area (TPSA) is 176 Å². The summed E-state index contributed by atoms with van der Waals surface area (Å²) in [5, 5.41) is 19.9. The molecule has 0 radical (unpaired) electrons. The molecule has 6 N–H and O–H groups in total. The average molecular weight is 482 g/mol. The van der Waals surface area contributed by atoms with E-state index in [0.29, 0.717) is 17.8 Å². The number of carboxylic acids is 1. The van der Waals surface area contributed by atoms with Crippen molar-refractivity contribution in [2.45, 2.75) is 45.7 Å². The van der Waals surface area contributed by atoms with Gasteiger partial charge in [0.15, 0.2) is 5.96 Å². The zero-order valence-electron chi connectivity index (χ0n) is 20.0. The molecule has 0 fully saturated rings. The number of nitrogens with two attached hydrogens (primary N) is 2. The molecular weight excluding hydrogens is 450 g/mol. The smallest absolute Gasteiger partial charge is 0.367 e. The number of hydrogen-bond acceptors (Lipinski definition) is 5. The van der Waals surface area contributed by atoms with E-state index in [1.807, 2.05) is 26.0 Å². The largest absolute Gasteiger partial charge is 0.480 e. The lowest BCUT2D eigenvalue weighted by atomic mass is 10.1. The monoisotopic (exact) mass is 481 g/mol. The third-order valence-corrected chi connectivity index (χ3v) is 5.16. The van der Waals surface area contributed by atoms with E-state index in [1.165, 1.54) is 11.8 Å². The number of nitrogens with zero attached hydrogens (tertiary/aromatic N) is 4. The number of aliphatic carboxylic acids is 1. The fraction of sp³-hybridized carbons (Fsp3) is 0.333. The highest BCUT2D eigenvalue weighted by molar-refractivity contribution is 6.00. The first kappa shape index (κ1) is 27.0. The molecule has 2 unspecified atom stereocenters. The van der Waals surface area contributed by atoms with Crippen LogP contribution in [0.4, 0.5) is 16.2 Å². The number of azo groups is 1. The number of aliphatic imine (C=N–C) groups is 1. The molecule has 0 bridgehead atoms.